The number of piperidine rings is 1. The minimum absolute atomic E-state index is 0.337. The zero-order valence-electron chi connectivity index (χ0n) is 10.3. The molecule has 3 N–H and O–H groups in total. The van der Waals surface area contributed by atoms with Gasteiger partial charge in [0.05, 0.1) is 0 Å². The van der Waals surface area contributed by atoms with E-state index in [4.69, 9.17) is 10.8 Å². The van der Waals surface area contributed by atoms with Crippen LogP contribution in [0.4, 0.5) is 5.69 Å². The summed E-state index contributed by atoms with van der Waals surface area (Å²) in [7, 11) is 0. The normalized spacial score (nSPS) is 17.4. The minimum atomic E-state index is 0.337. The molecule has 0 aliphatic carbocycles. The molecule has 1 aliphatic rings. The lowest BCUT2D eigenvalue weighted by atomic mass is 9.97. The highest BCUT2D eigenvalue weighted by Crippen LogP contribution is 2.23. The number of anilines is 1. The molecule has 1 saturated heterocycles. The van der Waals surface area contributed by atoms with Gasteiger partial charge < -0.3 is 15.7 Å². The lowest BCUT2D eigenvalue weighted by molar-refractivity contribution is 0.203. The van der Waals surface area contributed by atoms with Crippen LogP contribution in [0, 0.1) is 5.92 Å². The molecule has 2 rings (SSSR count). The lowest BCUT2D eigenvalue weighted by Gasteiger charge is -2.32. The Morgan fingerprint density at radius 3 is 2.35 bits per heavy atom. The van der Waals surface area contributed by atoms with Crippen molar-refractivity contribution in [3.8, 4) is 0 Å². The fourth-order valence-corrected chi connectivity index (χ4v) is 2.41. The molecule has 0 aromatic heterocycles. The summed E-state index contributed by atoms with van der Waals surface area (Å²) >= 11 is 0. The molecule has 0 radical (unpaired) electrons. The molecule has 1 heterocycles. The van der Waals surface area contributed by atoms with E-state index in [0.29, 0.717) is 19.1 Å². The van der Waals surface area contributed by atoms with Crippen LogP contribution in [0.15, 0.2) is 24.3 Å². The van der Waals surface area contributed by atoms with Crippen LogP contribution < -0.4 is 10.6 Å². The highest BCUT2D eigenvalue weighted by molar-refractivity contribution is 5.48. The van der Waals surface area contributed by atoms with E-state index in [1.54, 1.807) is 0 Å². The Bertz CT molecular complexity index is 329. The Labute approximate surface area is 103 Å². The number of rotatable bonds is 4. The van der Waals surface area contributed by atoms with Gasteiger partial charge in [-0.1, -0.05) is 12.1 Å². The van der Waals surface area contributed by atoms with Crippen molar-refractivity contribution in [3.63, 3.8) is 0 Å². The van der Waals surface area contributed by atoms with Crippen LogP contribution in [0.5, 0.6) is 0 Å². The lowest BCUT2D eigenvalue weighted by Crippen LogP contribution is -2.34. The van der Waals surface area contributed by atoms with Crippen molar-refractivity contribution in [3.05, 3.63) is 29.8 Å². The van der Waals surface area contributed by atoms with E-state index in [1.807, 2.05) is 0 Å². The first kappa shape index (κ1) is 12.4. The molecule has 1 aromatic rings. The number of benzene rings is 1. The van der Waals surface area contributed by atoms with Gasteiger partial charge in [0, 0.05) is 25.4 Å². The van der Waals surface area contributed by atoms with Crippen molar-refractivity contribution < 1.29 is 5.11 Å². The molecule has 1 aliphatic heterocycles. The molecule has 94 valence electrons. The van der Waals surface area contributed by atoms with E-state index in [2.05, 4.69) is 29.2 Å². The van der Waals surface area contributed by atoms with Crippen molar-refractivity contribution in [2.24, 2.45) is 11.7 Å². The molecule has 0 bridgehead atoms. The number of nitrogens with two attached hydrogens (primary N) is 1. The summed E-state index contributed by atoms with van der Waals surface area (Å²) in [5, 5.41) is 9.11. The van der Waals surface area contributed by atoms with Gasteiger partial charge in [0.15, 0.2) is 0 Å². The summed E-state index contributed by atoms with van der Waals surface area (Å²) in [6.07, 6.45) is 3.15. The smallest absolute Gasteiger partial charge is 0.0460 e. The number of nitrogens with zero attached hydrogens (tertiary/aromatic N) is 1. The van der Waals surface area contributed by atoms with Gasteiger partial charge in [-0.05, 0) is 49.4 Å². The summed E-state index contributed by atoms with van der Waals surface area (Å²) in [6, 6.07) is 8.70. The van der Waals surface area contributed by atoms with E-state index >= 15 is 0 Å². The Morgan fingerprint density at radius 1 is 1.18 bits per heavy atom. The van der Waals surface area contributed by atoms with Crippen LogP contribution >= 0.6 is 0 Å². The minimum Gasteiger partial charge on any atom is -0.396 e. The maximum Gasteiger partial charge on any atom is 0.0460 e. The second-order valence-corrected chi connectivity index (χ2v) is 4.82. The largest absolute Gasteiger partial charge is 0.396 e. The third-order valence-corrected chi connectivity index (χ3v) is 3.61. The van der Waals surface area contributed by atoms with Crippen LogP contribution in [0.3, 0.4) is 0 Å². The standard InChI is InChI=1S/C14H22N2O/c15-8-5-12-1-3-14(4-2-12)16-9-6-13(11-17)7-10-16/h1-4,13,17H,5-11,15H2. The predicted molar refractivity (Wildman–Crippen MR) is 71.2 cm³/mol. The fraction of sp³-hybridized carbons (Fsp3) is 0.571. The number of hydrogen-bond donors (Lipinski definition) is 2. The maximum atomic E-state index is 9.11. The van der Waals surface area contributed by atoms with Crippen molar-refractivity contribution >= 4 is 5.69 Å². The molecule has 0 spiro atoms. The Balaban J connectivity index is 1.94. The Morgan fingerprint density at radius 2 is 1.82 bits per heavy atom. The molecule has 1 aromatic carbocycles. The zero-order valence-corrected chi connectivity index (χ0v) is 10.3. The van der Waals surface area contributed by atoms with Gasteiger partial charge in [0.25, 0.3) is 0 Å². The van der Waals surface area contributed by atoms with Gasteiger partial charge in [-0.15, -0.1) is 0 Å². The van der Waals surface area contributed by atoms with Crippen molar-refractivity contribution in [1.82, 2.24) is 0 Å². The van der Waals surface area contributed by atoms with E-state index in [-0.39, 0.29) is 0 Å². The summed E-state index contributed by atoms with van der Waals surface area (Å²) in [5.74, 6) is 0.503. The summed E-state index contributed by atoms with van der Waals surface area (Å²) < 4.78 is 0. The molecule has 0 atom stereocenters. The first-order chi connectivity index (χ1) is 8.33. The molecular weight excluding hydrogens is 212 g/mol. The maximum absolute atomic E-state index is 9.11. The second kappa shape index (κ2) is 6.03. The van der Waals surface area contributed by atoms with E-state index < -0.39 is 0 Å². The molecule has 3 heteroatoms. The third-order valence-electron chi connectivity index (χ3n) is 3.61. The molecule has 17 heavy (non-hydrogen) atoms. The van der Waals surface area contributed by atoms with Crippen molar-refractivity contribution in [1.29, 1.82) is 0 Å². The Hall–Kier alpha value is -1.06. The van der Waals surface area contributed by atoms with Crippen molar-refractivity contribution in [2.45, 2.75) is 19.3 Å². The van der Waals surface area contributed by atoms with Gasteiger partial charge in [-0.3, -0.25) is 0 Å². The second-order valence-electron chi connectivity index (χ2n) is 4.82. The van der Waals surface area contributed by atoms with Gasteiger partial charge in [-0.2, -0.15) is 0 Å². The van der Waals surface area contributed by atoms with E-state index in [0.717, 1.165) is 32.4 Å². The molecule has 0 unspecified atom stereocenters. The topological polar surface area (TPSA) is 49.5 Å². The first-order valence-electron chi connectivity index (χ1n) is 6.48. The number of aliphatic hydroxyl groups excluding tert-OH is 1. The number of hydrogen-bond acceptors (Lipinski definition) is 3. The average molecular weight is 234 g/mol. The Kier molecular flexibility index (Phi) is 4.40. The zero-order chi connectivity index (χ0) is 12.1. The summed E-state index contributed by atoms with van der Waals surface area (Å²) in [5.41, 5.74) is 8.14. The fourth-order valence-electron chi connectivity index (χ4n) is 2.41. The van der Waals surface area contributed by atoms with Crippen LogP contribution in [0.1, 0.15) is 18.4 Å². The van der Waals surface area contributed by atoms with Gasteiger partial charge in [-0.25, -0.2) is 0 Å². The van der Waals surface area contributed by atoms with Crippen LogP contribution in [-0.2, 0) is 6.42 Å². The molecular formula is C14H22N2O. The van der Waals surface area contributed by atoms with Crippen LogP contribution in [-0.4, -0.2) is 31.3 Å². The highest BCUT2D eigenvalue weighted by atomic mass is 16.3. The SMILES string of the molecule is NCCc1ccc(N2CCC(CO)CC2)cc1. The van der Waals surface area contributed by atoms with Gasteiger partial charge >= 0.3 is 0 Å². The van der Waals surface area contributed by atoms with Gasteiger partial charge in [0.1, 0.15) is 0 Å². The first-order valence-corrected chi connectivity index (χ1v) is 6.48. The highest BCUT2D eigenvalue weighted by Gasteiger charge is 2.18. The van der Waals surface area contributed by atoms with Crippen molar-refractivity contribution in [2.75, 3.05) is 31.1 Å². The molecule has 0 saturated carbocycles. The molecule has 1 fully saturated rings. The van der Waals surface area contributed by atoms with Gasteiger partial charge in [0.2, 0.25) is 0 Å². The molecule has 0 amide bonds. The van der Waals surface area contributed by atoms with Crippen LogP contribution in [0.2, 0.25) is 0 Å². The predicted octanol–water partition coefficient (Wildman–Crippen LogP) is 1.40. The average Bonchev–Trinajstić information content (AvgIpc) is 2.40. The quantitative estimate of drug-likeness (QED) is 0.828. The van der Waals surface area contributed by atoms with Crippen LogP contribution in [0.25, 0.3) is 0 Å². The third kappa shape index (κ3) is 3.20. The number of aliphatic hydroxyl groups is 1. The summed E-state index contributed by atoms with van der Waals surface area (Å²) in [4.78, 5) is 2.40. The monoisotopic (exact) mass is 234 g/mol. The molecule has 3 nitrogen and oxygen atoms in total. The van der Waals surface area contributed by atoms with E-state index in [9.17, 15) is 0 Å². The summed E-state index contributed by atoms with van der Waals surface area (Å²) in [6.45, 7) is 3.16. The van der Waals surface area contributed by atoms with E-state index in [1.165, 1.54) is 11.3 Å².